The van der Waals surface area contributed by atoms with E-state index in [0.29, 0.717) is 5.01 Å². The average molecular weight is 391 g/mol. The van der Waals surface area contributed by atoms with Crippen molar-refractivity contribution in [2.75, 3.05) is 11.9 Å². The van der Waals surface area contributed by atoms with Gasteiger partial charge in [0, 0.05) is 16.0 Å². The van der Waals surface area contributed by atoms with Gasteiger partial charge in [0.15, 0.2) is 12.3 Å². The molecule has 0 radical (unpaired) electrons. The minimum Gasteiger partial charge on any atom is -0.451 e. The summed E-state index contributed by atoms with van der Waals surface area (Å²) in [5.74, 6) is -2.05. The van der Waals surface area contributed by atoms with E-state index >= 15 is 0 Å². The van der Waals surface area contributed by atoms with E-state index in [1.807, 2.05) is 30.3 Å². The fourth-order valence-corrected chi connectivity index (χ4v) is 3.03. The highest BCUT2D eigenvalue weighted by molar-refractivity contribution is 7.13. The maximum absolute atomic E-state index is 13.6. The van der Waals surface area contributed by atoms with E-state index in [1.165, 1.54) is 23.5 Å². The van der Waals surface area contributed by atoms with Gasteiger partial charge >= 0.3 is 5.97 Å². The summed E-state index contributed by atoms with van der Waals surface area (Å²) in [6, 6.07) is 13.1. The van der Waals surface area contributed by atoms with Crippen LogP contribution in [-0.4, -0.2) is 23.5 Å². The molecule has 0 unspecified atom stereocenters. The van der Waals surface area contributed by atoms with Crippen molar-refractivity contribution in [1.82, 2.24) is 4.98 Å². The molecule has 26 heavy (non-hydrogen) atoms. The zero-order valence-electron chi connectivity index (χ0n) is 13.2. The number of carbonyl (C=O) groups is 2. The highest BCUT2D eigenvalue weighted by atomic mass is 35.5. The van der Waals surface area contributed by atoms with Gasteiger partial charge in [0.25, 0.3) is 5.91 Å². The zero-order valence-corrected chi connectivity index (χ0v) is 14.8. The largest absolute Gasteiger partial charge is 0.451 e. The molecule has 1 aromatic heterocycles. The van der Waals surface area contributed by atoms with Crippen LogP contribution in [-0.2, 0) is 9.53 Å². The average Bonchev–Trinajstić information content (AvgIpc) is 3.14. The molecular weight excluding hydrogens is 379 g/mol. The molecule has 5 nitrogen and oxygen atoms in total. The van der Waals surface area contributed by atoms with Crippen LogP contribution in [0, 0.1) is 5.82 Å². The molecule has 132 valence electrons. The minimum absolute atomic E-state index is 0.0847. The molecule has 0 bridgehead atoms. The molecule has 0 fully saturated rings. The zero-order chi connectivity index (χ0) is 18.5. The van der Waals surface area contributed by atoms with Crippen LogP contribution in [0.2, 0.25) is 5.02 Å². The van der Waals surface area contributed by atoms with Crippen LogP contribution in [0.4, 0.5) is 10.1 Å². The number of hydrogen-bond acceptors (Lipinski definition) is 5. The van der Waals surface area contributed by atoms with Crippen molar-refractivity contribution in [3.63, 3.8) is 0 Å². The SMILES string of the molecule is O=C(COC(=O)c1csc(-c2ccccc2)n1)Nc1cc(Cl)ccc1F. The molecule has 0 spiro atoms. The second-order valence-electron chi connectivity index (χ2n) is 5.15. The molecule has 3 rings (SSSR count). The standard InChI is InChI=1S/C18H12ClFN2O3S/c19-12-6-7-13(20)14(8-12)21-16(23)9-25-18(24)15-10-26-17(22-15)11-4-2-1-3-5-11/h1-8,10H,9H2,(H,21,23). The summed E-state index contributed by atoms with van der Waals surface area (Å²) < 4.78 is 18.5. The number of esters is 1. The molecular formula is C18H12ClFN2O3S. The van der Waals surface area contributed by atoms with Crippen molar-refractivity contribution in [3.05, 3.63) is 70.4 Å². The number of ether oxygens (including phenoxy) is 1. The molecule has 1 heterocycles. The van der Waals surface area contributed by atoms with Gasteiger partial charge in [-0.3, -0.25) is 4.79 Å². The lowest BCUT2D eigenvalue weighted by Gasteiger charge is -2.07. The predicted octanol–water partition coefficient (Wildman–Crippen LogP) is 4.40. The number of hydrogen-bond donors (Lipinski definition) is 1. The molecule has 0 aliphatic rings. The van der Waals surface area contributed by atoms with E-state index < -0.39 is 24.3 Å². The molecule has 0 saturated heterocycles. The second-order valence-corrected chi connectivity index (χ2v) is 6.45. The molecule has 3 aromatic rings. The van der Waals surface area contributed by atoms with Crippen LogP contribution in [0.3, 0.4) is 0 Å². The summed E-state index contributed by atoms with van der Waals surface area (Å²) in [5, 5.41) is 4.79. The molecule has 0 aliphatic heterocycles. The summed E-state index contributed by atoms with van der Waals surface area (Å²) >= 11 is 7.04. The number of amides is 1. The third kappa shape index (κ3) is 4.44. The van der Waals surface area contributed by atoms with Gasteiger partial charge in [-0.25, -0.2) is 14.2 Å². The van der Waals surface area contributed by atoms with Gasteiger partial charge in [-0.15, -0.1) is 11.3 Å². The molecule has 2 aromatic carbocycles. The fraction of sp³-hybridized carbons (Fsp3) is 0.0556. The van der Waals surface area contributed by atoms with Gasteiger partial charge in [-0.05, 0) is 18.2 Å². The lowest BCUT2D eigenvalue weighted by Crippen LogP contribution is -2.21. The van der Waals surface area contributed by atoms with Crippen LogP contribution in [0.15, 0.2) is 53.9 Å². The number of aromatic nitrogens is 1. The first-order valence-electron chi connectivity index (χ1n) is 7.46. The Kier molecular flexibility index (Phi) is 5.60. The monoisotopic (exact) mass is 390 g/mol. The van der Waals surface area contributed by atoms with Crippen molar-refractivity contribution in [2.24, 2.45) is 0 Å². The highest BCUT2D eigenvalue weighted by Gasteiger charge is 2.15. The lowest BCUT2D eigenvalue weighted by molar-refractivity contribution is -0.119. The van der Waals surface area contributed by atoms with Crippen LogP contribution in [0.5, 0.6) is 0 Å². The number of anilines is 1. The Bertz CT molecular complexity index is 947. The number of carbonyl (C=O) groups excluding carboxylic acids is 2. The van der Waals surface area contributed by atoms with E-state index in [9.17, 15) is 14.0 Å². The van der Waals surface area contributed by atoms with E-state index in [2.05, 4.69) is 10.3 Å². The maximum atomic E-state index is 13.6. The Balaban J connectivity index is 1.58. The Morgan fingerprint density at radius 1 is 1.19 bits per heavy atom. The molecule has 0 saturated carbocycles. The second kappa shape index (κ2) is 8.07. The highest BCUT2D eigenvalue weighted by Crippen LogP contribution is 2.23. The Morgan fingerprint density at radius 3 is 2.73 bits per heavy atom. The summed E-state index contributed by atoms with van der Waals surface area (Å²) in [5.41, 5.74) is 0.903. The van der Waals surface area contributed by atoms with Crippen LogP contribution < -0.4 is 5.32 Å². The maximum Gasteiger partial charge on any atom is 0.358 e. The van der Waals surface area contributed by atoms with Crippen molar-refractivity contribution in [2.45, 2.75) is 0 Å². The summed E-state index contributed by atoms with van der Waals surface area (Å²) in [4.78, 5) is 28.0. The van der Waals surface area contributed by atoms with Gasteiger partial charge in [0.2, 0.25) is 0 Å². The predicted molar refractivity (Wildman–Crippen MR) is 97.9 cm³/mol. The van der Waals surface area contributed by atoms with Crippen molar-refractivity contribution in [1.29, 1.82) is 0 Å². The number of halogens is 2. The van der Waals surface area contributed by atoms with E-state index in [-0.39, 0.29) is 16.4 Å². The smallest absolute Gasteiger partial charge is 0.358 e. The summed E-state index contributed by atoms with van der Waals surface area (Å²) in [6.07, 6.45) is 0. The minimum atomic E-state index is -0.731. The van der Waals surface area contributed by atoms with E-state index in [1.54, 1.807) is 5.38 Å². The third-order valence-electron chi connectivity index (χ3n) is 3.27. The quantitative estimate of drug-likeness (QED) is 0.656. The topological polar surface area (TPSA) is 68.3 Å². The Morgan fingerprint density at radius 2 is 1.96 bits per heavy atom. The van der Waals surface area contributed by atoms with Gasteiger partial charge in [-0.2, -0.15) is 0 Å². The third-order valence-corrected chi connectivity index (χ3v) is 4.40. The first-order chi connectivity index (χ1) is 12.5. The van der Waals surface area contributed by atoms with Crippen LogP contribution in [0.25, 0.3) is 10.6 Å². The molecule has 0 aliphatic carbocycles. The summed E-state index contributed by atoms with van der Waals surface area (Å²) in [7, 11) is 0. The lowest BCUT2D eigenvalue weighted by atomic mass is 10.2. The van der Waals surface area contributed by atoms with E-state index in [4.69, 9.17) is 16.3 Å². The van der Waals surface area contributed by atoms with Crippen molar-refractivity contribution in [3.8, 4) is 10.6 Å². The van der Waals surface area contributed by atoms with Crippen molar-refractivity contribution < 1.29 is 18.7 Å². The van der Waals surface area contributed by atoms with Crippen LogP contribution >= 0.6 is 22.9 Å². The number of thiazole rings is 1. The molecule has 8 heteroatoms. The molecule has 1 amide bonds. The first kappa shape index (κ1) is 18.0. The van der Waals surface area contributed by atoms with Gasteiger partial charge < -0.3 is 10.1 Å². The van der Waals surface area contributed by atoms with Crippen LogP contribution in [0.1, 0.15) is 10.5 Å². The first-order valence-corrected chi connectivity index (χ1v) is 8.71. The van der Waals surface area contributed by atoms with Gasteiger partial charge in [0.1, 0.15) is 10.8 Å². The fourth-order valence-electron chi connectivity index (χ4n) is 2.07. The number of nitrogens with zero attached hydrogens (tertiary/aromatic N) is 1. The number of nitrogens with one attached hydrogen (secondary N) is 1. The number of benzene rings is 2. The normalized spacial score (nSPS) is 10.4. The Labute approximate surface area is 157 Å². The molecule has 0 atom stereocenters. The molecule has 1 N–H and O–H groups in total. The van der Waals surface area contributed by atoms with Gasteiger partial charge in [0.05, 0.1) is 5.69 Å². The van der Waals surface area contributed by atoms with Gasteiger partial charge in [-0.1, -0.05) is 41.9 Å². The van der Waals surface area contributed by atoms with E-state index in [0.717, 1.165) is 11.6 Å². The Hall–Kier alpha value is -2.77. The van der Waals surface area contributed by atoms with Crippen molar-refractivity contribution >= 4 is 40.5 Å². The number of rotatable bonds is 5. The summed E-state index contributed by atoms with van der Waals surface area (Å²) in [6.45, 7) is -0.566.